The van der Waals surface area contributed by atoms with Crippen molar-refractivity contribution in [2.45, 2.75) is 13.5 Å². The van der Waals surface area contributed by atoms with Crippen molar-refractivity contribution in [2.24, 2.45) is 5.73 Å². The molecule has 1 aromatic heterocycles. The molecule has 6 heteroatoms. The Labute approximate surface area is 80.7 Å². The van der Waals surface area contributed by atoms with Crippen molar-refractivity contribution in [2.75, 3.05) is 11.9 Å². The Balaban J connectivity index is 2.90. The van der Waals surface area contributed by atoms with Gasteiger partial charge in [-0.05, 0) is 6.92 Å². The summed E-state index contributed by atoms with van der Waals surface area (Å²) in [6.45, 7) is 2.43. The molecule has 0 spiro atoms. The van der Waals surface area contributed by atoms with E-state index in [-0.39, 0.29) is 12.1 Å². The van der Waals surface area contributed by atoms with Crippen molar-refractivity contribution >= 4 is 11.6 Å². The second-order valence-corrected chi connectivity index (χ2v) is 2.74. The molecule has 1 amide bonds. The smallest absolute Gasteiger partial charge is 0.269 e. The Morgan fingerprint density at radius 3 is 2.93 bits per heavy atom. The van der Waals surface area contributed by atoms with Crippen molar-refractivity contribution in [3.05, 3.63) is 22.6 Å². The van der Waals surface area contributed by atoms with Gasteiger partial charge in [0.15, 0.2) is 0 Å². The summed E-state index contributed by atoms with van der Waals surface area (Å²) in [5, 5.41) is 6.71. The van der Waals surface area contributed by atoms with E-state index in [4.69, 9.17) is 5.73 Å². The largest absolute Gasteiger partial charge is 0.384 e. The van der Waals surface area contributed by atoms with Gasteiger partial charge in [-0.25, -0.2) is 4.68 Å². The Hall–Kier alpha value is -1.85. The fraction of sp³-hybridized carbons (Fsp3) is 0.375. The molecule has 0 saturated carbocycles. The van der Waals surface area contributed by atoms with Crippen molar-refractivity contribution in [3.63, 3.8) is 0 Å². The van der Waals surface area contributed by atoms with E-state index in [0.717, 1.165) is 4.68 Å². The molecule has 0 aliphatic heterocycles. The minimum atomic E-state index is -0.587. The SMILES string of the molecule is CCNc1cnn(CC(N)=O)c(=O)c1. The highest BCUT2D eigenvalue weighted by Gasteiger charge is 2.01. The standard InChI is InChI=1S/C8H12N4O2/c1-2-10-6-3-8(14)12(11-4-6)5-7(9)13/h3-4,10H,2,5H2,1H3,(H2,9,13). The van der Waals surface area contributed by atoms with E-state index in [1.54, 1.807) is 0 Å². The fourth-order valence-corrected chi connectivity index (χ4v) is 1.00. The zero-order valence-corrected chi connectivity index (χ0v) is 7.86. The Morgan fingerprint density at radius 1 is 1.71 bits per heavy atom. The maximum absolute atomic E-state index is 11.3. The predicted octanol–water partition coefficient (Wildman–Crippen LogP) is -0.840. The number of aromatic nitrogens is 2. The third-order valence-electron chi connectivity index (χ3n) is 1.56. The Kier molecular flexibility index (Phi) is 3.22. The topological polar surface area (TPSA) is 90.0 Å². The Morgan fingerprint density at radius 2 is 2.43 bits per heavy atom. The van der Waals surface area contributed by atoms with Crippen molar-refractivity contribution in [1.29, 1.82) is 0 Å². The van der Waals surface area contributed by atoms with Crippen LogP contribution in [-0.2, 0) is 11.3 Å². The molecular formula is C8H12N4O2. The predicted molar refractivity (Wildman–Crippen MR) is 51.9 cm³/mol. The average Bonchev–Trinajstić information content (AvgIpc) is 2.10. The van der Waals surface area contributed by atoms with Gasteiger partial charge < -0.3 is 11.1 Å². The van der Waals surface area contributed by atoms with Gasteiger partial charge in [0.1, 0.15) is 6.54 Å². The molecule has 0 aliphatic carbocycles. The molecule has 0 unspecified atom stereocenters. The summed E-state index contributed by atoms with van der Waals surface area (Å²) in [4.78, 5) is 21.8. The summed E-state index contributed by atoms with van der Waals surface area (Å²) in [6, 6.07) is 1.37. The van der Waals surface area contributed by atoms with Gasteiger partial charge >= 0.3 is 0 Å². The molecule has 6 nitrogen and oxygen atoms in total. The third-order valence-corrected chi connectivity index (χ3v) is 1.56. The zero-order valence-electron chi connectivity index (χ0n) is 7.86. The molecule has 1 heterocycles. The third kappa shape index (κ3) is 2.58. The van der Waals surface area contributed by atoms with Crippen LogP contribution in [0.25, 0.3) is 0 Å². The molecule has 0 aliphatic rings. The number of nitrogens with two attached hydrogens (primary N) is 1. The molecule has 0 radical (unpaired) electrons. The lowest BCUT2D eigenvalue weighted by Crippen LogP contribution is -2.29. The van der Waals surface area contributed by atoms with E-state index in [2.05, 4.69) is 10.4 Å². The van der Waals surface area contributed by atoms with Gasteiger partial charge in [0.25, 0.3) is 5.56 Å². The van der Waals surface area contributed by atoms with E-state index >= 15 is 0 Å². The van der Waals surface area contributed by atoms with Crippen LogP contribution in [-0.4, -0.2) is 22.2 Å². The van der Waals surface area contributed by atoms with Gasteiger partial charge in [-0.2, -0.15) is 5.10 Å². The average molecular weight is 196 g/mol. The minimum Gasteiger partial charge on any atom is -0.384 e. The van der Waals surface area contributed by atoms with E-state index in [1.807, 2.05) is 6.92 Å². The first-order valence-corrected chi connectivity index (χ1v) is 4.23. The summed E-state index contributed by atoms with van der Waals surface area (Å²) in [5.41, 5.74) is 5.23. The molecule has 76 valence electrons. The Bertz CT molecular complexity index is 385. The number of hydrogen-bond donors (Lipinski definition) is 2. The highest BCUT2D eigenvalue weighted by molar-refractivity contribution is 5.73. The fourth-order valence-electron chi connectivity index (χ4n) is 1.00. The highest BCUT2D eigenvalue weighted by Crippen LogP contribution is 1.97. The number of carbonyl (C=O) groups excluding carboxylic acids is 1. The van der Waals surface area contributed by atoms with Crippen LogP contribution in [0.4, 0.5) is 5.69 Å². The van der Waals surface area contributed by atoms with Gasteiger partial charge in [0.05, 0.1) is 11.9 Å². The lowest BCUT2D eigenvalue weighted by atomic mass is 10.4. The summed E-state index contributed by atoms with van der Waals surface area (Å²) in [7, 11) is 0. The lowest BCUT2D eigenvalue weighted by molar-refractivity contribution is -0.118. The number of nitrogens with one attached hydrogen (secondary N) is 1. The first-order chi connectivity index (χ1) is 6.63. The van der Waals surface area contributed by atoms with Crippen LogP contribution >= 0.6 is 0 Å². The number of primary amides is 1. The maximum atomic E-state index is 11.3. The molecule has 14 heavy (non-hydrogen) atoms. The molecule has 3 N–H and O–H groups in total. The van der Waals surface area contributed by atoms with Crippen molar-refractivity contribution < 1.29 is 4.79 Å². The quantitative estimate of drug-likeness (QED) is 0.657. The first kappa shape index (κ1) is 10.2. The molecule has 0 aromatic carbocycles. The summed E-state index contributed by atoms with van der Waals surface area (Å²) < 4.78 is 1.02. The number of rotatable bonds is 4. The molecule has 0 bridgehead atoms. The van der Waals surface area contributed by atoms with Gasteiger partial charge in [-0.1, -0.05) is 0 Å². The van der Waals surface area contributed by atoms with Crippen molar-refractivity contribution in [1.82, 2.24) is 9.78 Å². The number of anilines is 1. The van der Waals surface area contributed by atoms with Crippen LogP contribution in [0.1, 0.15) is 6.92 Å². The monoisotopic (exact) mass is 196 g/mol. The molecule has 0 fully saturated rings. The molecule has 0 saturated heterocycles. The van der Waals surface area contributed by atoms with E-state index in [9.17, 15) is 9.59 Å². The van der Waals surface area contributed by atoms with E-state index in [0.29, 0.717) is 12.2 Å². The summed E-state index contributed by atoms with van der Waals surface area (Å²) >= 11 is 0. The second kappa shape index (κ2) is 4.40. The first-order valence-electron chi connectivity index (χ1n) is 4.23. The minimum absolute atomic E-state index is 0.189. The molecular weight excluding hydrogens is 184 g/mol. The van der Waals surface area contributed by atoms with Crippen LogP contribution in [0.15, 0.2) is 17.1 Å². The maximum Gasteiger partial charge on any atom is 0.269 e. The molecule has 1 aromatic rings. The van der Waals surface area contributed by atoms with Crippen molar-refractivity contribution in [3.8, 4) is 0 Å². The van der Waals surface area contributed by atoms with Gasteiger partial charge in [-0.3, -0.25) is 9.59 Å². The zero-order chi connectivity index (χ0) is 10.6. The molecule has 0 atom stereocenters. The summed E-state index contributed by atoms with van der Waals surface area (Å²) in [5.74, 6) is -0.587. The lowest BCUT2D eigenvalue weighted by Gasteiger charge is -2.04. The number of carbonyl (C=O) groups is 1. The van der Waals surface area contributed by atoms with E-state index in [1.165, 1.54) is 12.3 Å². The van der Waals surface area contributed by atoms with Gasteiger partial charge in [0.2, 0.25) is 5.91 Å². The van der Waals surface area contributed by atoms with Crippen LogP contribution in [0, 0.1) is 0 Å². The van der Waals surface area contributed by atoms with Gasteiger partial charge in [0, 0.05) is 12.6 Å². The summed E-state index contributed by atoms with van der Waals surface area (Å²) in [6.07, 6.45) is 1.48. The van der Waals surface area contributed by atoms with E-state index < -0.39 is 5.91 Å². The van der Waals surface area contributed by atoms with Gasteiger partial charge in [-0.15, -0.1) is 0 Å². The van der Waals surface area contributed by atoms with Crippen LogP contribution in [0.2, 0.25) is 0 Å². The van der Waals surface area contributed by atoms with Crippen LogP contribution in [0.5, 0.6) is 0 Å². The highest BCUT2D eigenvalue weighted by atomic mass is 16.2. The number of hydrogen-bond acceptors (Lipinski definition) is 4. The van der Waals surface area contributed by atoms with Crippen LogP contribution < -0.4 is 16.6 Å². The number of amides is 1. The van der Waals surface area contributed by atoms with Crippen LogP contribution in [0.3, 0.4) is 0 Å². The molecule has 1 rings (SSSR count). The normalized spacial score (nSPS) is 9.79. The number of nitrogens with zero attached hydrogens (tertiary/aromatic N) is 2. The second-order valence-electron chi connectivity index (χ2n) is 2.74.